The molecule has 0 radical (unpaired) electrons. The van der Waals surface area contributed by atoms with Gasteiger partial charge in [-0.3, -0.25) is 9.80 Å². The van der Waals surface area contributed by atoms with Crippen LogP contribution >= 0.6 is 0 Å². The molecule has 92 valence electrons. The summed E-state index contributed by atoms with van der Waals surface area (Å²) in [6.45, 7) is 7.18. The molecule has 1 amide bonds. The first-order valence-electron chi connectivity index (χ1n) is 5.11. The third-order valence-electron chi connectivity index (χ3n) is 2.04. The van der Waals surface area contributed by atoms with Gasteiger partial charge in [0, 0.05) is 6.08 Å². The molecule has 16 heavy (non-hydrogen) atoms. The Balaban J connectivity index is 4.88. The first-order valence-corrected chi connectivity index (χ1v) is 5.11. The summed E-state index contributed by atoms with van der Waals surface area (Å²) in [5.74, 6) is 4.62. The zero-order valence-electron chi connectivity index (χ0n) is 10.5. The number of hydrogen-bond acceptors (Lipinski definition) is 4. The maximum Gasteiger partial charge on any atom is 0.330 e. The van der Waals surface area contributed by atoms with Crippen molar-refractivity contribution in [3.8, 4) is 0 Å². The van der Waals surface area contributed by atoms with Crippen molar-refractivity contribution < 1.29 is 14.3 Å². The zero-order chi connectivity index (χ0) is 12.9. The van der Waals surface area contributed by atoms with Gasteiger partial charge in [0.25, 0.3) is 5.91 Å². The predicted molar refractivity (Wildman–Crippen MR) is 61.1 cm³/mol. The Morgan fingerprint density at radius 3 is 2.12 bits per heavy atom. The fraction of sp³-hybridized carbons (Fsp3) is 0.636. The Morgan fingerprint density at radius 2 is 1.81 bits per heavy atom. The fourth-order valence-corrected chi connectivity index (χ4v) is 1.29. The highest BCUT2D eigenvalue weighted by molar-refractivity contribution is 5.91. The van der Waals surface area contributed by atoms with Gasteiger partial charge in [-0.05, 0) is 19.8 Å². The van der Waals surface area contributed by atoms with E-state index in [9.17, 15) is 9.59 Å². The second-order valence-corrected chi connectivity index (χ2v) is 4.18. The van der Waals surface area contributed by atoms with Crippen molar-refractivity contribution in [2.45, 2.75) is 33.7 Å². The highest BCUT2D eigenvalue weighted by Crippen LogP contribution is 2.10. The number of esters is 1. The number of ether oxygens (including phenoxy) is 1. The summed E-state index contributed by atoms with van der Waals surface area (Å²) in [4.78, 5) is 23.1. The van der Waals surface area contributed by atoms with Gasteiger partial charge in [-0.1, -0.05) is 19.4 Å². The minimum atomic E-state index is -0.756. The van der Waals surface area contributed by atoms with E-state index in [-0.39, 0.29) is 5.92 Å². The first kappa shape index (κ1) is 14.6. The predicted octanol–water partition coefficient (Wildman–Crippen LogP) is 0.852. The highest BCUT2D eigenvalue weighted by atomic mass is 16.5. The lowest BCUT2D eigenvalue weighted by atomic mass is 10.0. The van der Waals surface area contributed by atoms with Crippen LogP contribution in [0.5, 0.6) is 0 Å². The monoisotopic (exact) mass is 228 g/mol. The highest BCUT2D eigenvalue weighted by Gasteiger charge is 2.30. The summed E-state index contributed by atoms with van der Waals surface area (Å²) in [6.07, 6.45) is 1.39. The van der Waals surface area contributed by atoms with Crippen LogP contribution in [0, 0.1) is 5.92 Å². The number of carbonyl (C=O) groups excluding carboxylic acids is 2. The zero-order valence-corrected chi connectivity index (χ0v) is 10.5. The molecular formula is C11H20N2O3. The van der Waals surface area contributed by atoms with Crippen molar-refractivity contribution in [3.63, 3.8) is 0 Å². The third kappa shape index (κ3) is 4.02. The molecule has 0 aliphatic heterocycles. The van der Waals surface area contributed by atoms with Gasteiger partial charge in [-0.25, -0.2) is 10.6 Å². The molecule has 0 aromatic carbocycles. The van der Waals surface area contributed by atoms with Gasteiger partial charge in [-0.15, -0.1) is 0 Å². The third-order valence-corrected chi connectivity index (χ3v) is 2.04. The quantitative estimate of drug-likeness (QED) is 0.254. The van der Waals surface area contributed by atoms with Crippen molar-refractivity contribution in [3.05, 3.63) is 11.6 Å². The van der Waals surface area contributed by atoms with Crippen LogP contribution in [-0.4, -0.2) is 30.0 Å². The number of nitrogens with two attached hydrogens (primary N) is 1. The van der Waals surface area contributed by atoms with Gasteiger partial charge < -0.3 is 4.74 Å². The molecule has 0 fully saturated rings. The van der Waals surface area contributed by atoms with Crippen LogP contribution in [-0.2, 0) is 14.3 Å². The van der Waals surface area contributed by atoms with Crippen LogP contribution in [0.4, 0.5) is 0 Å². The lowest BCUT2D eigenvalue weighted by Gasteiger charge is -2.27. The Bertz CT molecular complexity index is 294. The number of hydrazine groups is 1. The Labute approximate surface area is 96.2 Å². The topological polar surface area (TPSA) is 72.6 Å². The molecule has 0 aliphatic rings. The maximum atomic E-state index is 11.6. The summed E-state index contributed by atoms with van der Waals surface area (Å²) in [5, 5.41) is 0.920. The molecule has 0 heterocycles. The van der Waals surface area contributed by atoms with Crippen molar-refractivity contribution >= 4 is 11.9 Å². The van der Waals surface area contributed by atoms with Gasteiger partial charge >= 0.3 is 5.97 Å². The van der Waals surface area contributed by atoms with Crippen LogP contribution in [0.15, 0.2) is 11.6 Å². The molecule has 0 spiro atoms. The minimum absolute atomic E-state index is 0.105. The molecule has 5 heteroatoms. The van der Waals surface area contributed by atoms with Crippen LogP contribution < -0.4 is 5.84 Å². The second kappa shape index (κ2) is 6.27. The molecule has 0 saturated carbocycles. The van der Waals surface area contributed by atoms with E-state index in [0.717, 1.165) is 10.6 Å². The molecule has 5 nitrogen and oxygen atoms in total. The summed E-state index contributed by atoms with van der Waals surface area (Å²) in [6, 6.07) is -0.756. The summed E-state index contributed by atoms with van der Waals surface area (Å²) >= 11 is 0. The molecular weight excluding hydrogens is 208 g/mol. The van der Waals surface area contributed by atoms with E-state index in [1.807, 2.05) is 0 Å². The van der Waals surface area contributed by atoms with Crippen molar-refractivity contribution in [1.29, 1.82) is 0 Å². The summed E-state index contributed by atoms with van der Waals surface area (Å²) in [7, 11) is 1.27. The van der Waals surface area contributed by atoms with Crippen molar-refractivity contribution in [2.24, 2.45) is 11.8 Å². The molecule has 0 aliphatic carbocycles. The normalized spacial score (nSPS) is 11.9. The number of rotatable bonds is 4. The van der Waals surface area contributed by atoms with E-state index >= 15 is 0 Å². The average Bonchev–Trinajstić information content (AvgIpc) is 2.15. The minimum Gasteiger partial charge on any atom is -0.467 e. The molecule has 1 atom stereocenters. The number of methoxy groups -OCH3 is 1. The standard InChI is InChI=1S/C11H20N2O3/c1-7(2)6-9(14)13(12)10(8(3)4)11(15)16-5/h6,8,10H,12H2,1-5H3. The number of amides is 1. The van der Waals surface area contributed by atoms with Crippen molar-refractivity contribution in [1.82, 2.24) is 5.01 Å². The second-order valence-electron chi connectivity index (χ2n) is 4.18. The largest absolute Gasteiger partial charge is 0.467 e. The van der Waals surface area contributed by atoms with E-state index in [2.05, 4.69) is 4.74 Å². The van der Waals surface area contributed by atoms with Gasteiger partial charge in [-0.2, -0.15) is 0 Å². The van der Waals surface area contributed by atoms with Gasteiger partial charge in [0.05, 0.1) is 7.11 Å². The van der Waals surface area contributed by atoms with Gasteiger partial charge in [0.1, 0.15) is 6.04 Å². The fourth-order valence-electron chi connectivity index (χ4n) is 1.29. The van der Waals surface area contributed by atoms with Crippen LogP contribution in [0.3, 0.4) is 0 Å². The average molecular weight is 228 g/mol. The lowest BCUT2D eigenvalue weighted by molar-refractivity contribution is -0.153. The van der Waals surface area contributed by atoms with E-state index < -0.39 is 17.9 Å². The van der Waals surface area contributed by atoms with E-state index in [1.165, 1.54) is 13.2 Å². The maximum absolute atomic E-state index is 11.6. The summed E-state index contributed by atoms with van der Waals surface area (Å²) in [5.41, 5.74) is 0.827. The summed E-state index contributed by atoms with van der Waals surface area (Å²) < 4.78 is 4.62. The van der Waals surface area contributed by atoms with Crippen LogP contribution in [0.2, 0.25) is 0 Å². The Hall–Kier alpha value is -1.36. The van der Waals surface area contributed by atoms with Crippen LogP contribution in [0.25, 0.3) is 0 Å². The SMILES string of the molecule is COC(=O)C(C(C)C)N(N)C(=O)C=C(C)C. The first-order chi connectivity index (χ1) is 7.31. The molecule has 0 saturated heterocycles. The molecule has 0 aromatic rings. The van der Waals surface area contributed by atoms with Gasteiger partial charge in [0.2, 0.25) is 0 Å². The molecule has 2 N–H and O–H groups in total. The number of carbonyl (C=O) groups is 2. The van der Waals surface area contributed by atoms with Gasteiger partial charge in [0.15, 0.2) is 0 Å². The van der Waals surface area contributed by atoms with Crippen molar-refractivity contribution in [2.75, 3.05) is 7.11 Å². The van der Waals surface area contributed by atoms with E-state index in [4.69, 9.17) is 5.84 Å². The molecule has 1 unspecified atom stereocenters. The van der Waals surface area contributed by atoms with Crippen LogP contribution in [0.1, 0.15) is 27.7 Å². The van der Waals surface area contributed by atoms with E-state index in [1.54, 1.807) is 27.7 Å². The number of hydrogen-bond donors (Lipinski definition) is 1. The Morgan fingerprint density at radius 1 is 1.31 bits per heavy atom. The number of nitrogens with zero attached hydrogens (tertiary/aromatic N) is 1. The smallest absolute Gasteiger partial charge is 0.330 e. The molecule has 0 rings (SSSR count). The Kier molecular flexibility index (Phi) is 5.74. The number of allylic oxidation sites excluding steroid dienone is 1. The molecule has 0 aromatic heterocycles. The molecule has 0 bridgehead atoms. The lowest BCUT2D eigenvalue weighted by Crippen LogP contribution is -2.52. The van der Waals surface area contributed by atoms with E-state index in [0.29, 0.717) is 0 Å².